The highest BCUT2D eigenvalue weighted by Crippen LogP contribution is 2.11. The maximum atomic E-state index is 12.2. The molecule has 9 heteroatoms. The molecule has 0 bridgehead atoms. The second kappa shape index (κ2) is 6.58. The fourth-order valence-electron chi connectivity index (χ4n) is 2.18. The lowest BCUT2D eigenvalue weighted by Gasteiger charge is -2.07. The van der Waals surface area contributed by atoms with Gasteiger partial charge in [-0.25, -0.2) is 22.6 Å². The van der Waals surface area contributed by atoms with Gasteiger partial charge in [0.25, 0.3) is 5.91 Å². The smallest absolute Gasteiger partial charge is 0.266 e. The molecule has 0 saturated carbocycles. The van der Waals surface area contributed by atoms with Crippen LogP contribution in [0.5, 0.6) is 0 Å². The molecular weight excluding hydrogens is 352 g/mol. The van der Waals surface area contributed by atoms with Gasteiger partial charge < -0.3 is 0 Å². The molecule has 7 nitrogen and oxygen atoms in total. The zero-order chi connectivity index (χ0) is 17.2. The van der Waals surface area contributed by atoms with Gasteiger partial charge in [-0.15, -0.1) is 0 Å². The Bertz CT molecular complexity index is 983. The molecule has 1 N–H and O–H groups in total. The van der Waals surface area contributed by atoms with Crippen LogP contribution in [0.1, 0.15) is 16.1 Å². The van der Waals surface area contributed by atoms with Crippen LogP contribution in [0.15, 0.2) is 48.9 Å². The third kappa shape index (κ3) is 3.72. The average Bonchev–Trinajstić information content (AvgIpc) is 3.02. The van der Waals surface area contributed by atoms with Gasteiger partial charge in [0.05, 0.1) is 17.5 Å². The van der Waals surface area contributed by atoms with Crippen LogP contribution in [0.4, 0.5) is 0 Å². The summed E-state index contributed by atoms with van der Waals surface area (Å²) in [5.41, 5.74) is 1.25. The third-order valence-corrected chi connectivity index (χ3v) is 4.85. The number of hydrogen-bond donors (Lipinski definition) is 1. The van der Waals surface area contributed by atoms with Crippen molar-refractivity contribution in [2.75, 3.05) is 5.75 Å². The lowest BCUT2D eigenvalue weighted by atomic mass is 10.2. The van der Waals surface area contributed by atoms with Crippen molar-refractivity contribution in [1.82, 2.24) is 19.3 Å². The highest BCUT2D eigenvalue weighted by Gasteiger charge is 2.19. The number of nitrogens with one attached hydrogen (secondary N) is 1. The largest absolute Gasteiger partial charge is 0.285 e. The van der Waals surface area contributed by atoms with Crippen LogP contribution in [0.3, 0.4) is 0 Å². The number of hydrogen-bond acceptors (Lipinski definition) is 5. The normalized spacial score (nSPS) is 11.5. The summed E-state index contributed by atoms with van der Waals surface area (Å²) >= 11 is 5.79. The summed E-state index contributed by atoms with van der Waals surface area (Å²) in [5.74, 6) is -1.000. The van der Waals surface area contributed by atoms with Gasteiger partial charge in [0, 0.05) is 17.4 Å². The first-order chi connectivity index (χ1) is 11.4. The van der Waals surface area contributed by atoms with Crippen molar-refractivity contribution >= 4 is 33.0 Å². The molecule has 0 saturated heterocycles. The SMILES string of the molecule is O=C(NS(=O)(=O)CCc1ccc(Cl)cc1)c1nccn2nccc12. The van der Waals surface area contributed by atoms with E-state index in [1.54, 1.807) is 36.5 Å². The van der Waals surface area contributed by atoms with Crippen molar-refractivity contribution in [2.24, 2.45) is 0 Å². The van der Waals surface area contributed by atoms with E-state index in [1.165, 1.54) is 16.9 Å². The van der Waals surface area contributed by atoms with Crippen LogP contribution in [0.25, 0.3) is 5.52 Å². The number of aryl methyl sites for hydroxylation is 1. The van der Waals surface area contributed by atoms with Crippen molar-refractivity contribution < 1.29 is 13.2 Å². The molecule has 2 heterocycles. The van der Waals surface area contributed by atoms with Gasteiger partial charge in [-0.3, -0.25) is 4.79 Å². The molecule has 0 unspecified atom stereocenters. The Balaban J connectivity index is 1.70. The number of sulfonamides is 1. The van der Waals surface area contributed by atoms with Gasteiger partial charge in [-0.05, 0) is 30.2 Å². The van der Waals surface area contributed by atoms with Crippen molar-refractivity contribution in [3.05, 3.63) is 65.2 Å². The van der Waals surface area contributed by atoms with E-state index in [0.717, 1.165) is 5.56 Å². The van der Waals surface area contributed by atoms with Gasteiger partial charge in [-0.2, -0.15) is 5.10 Å². The molecule has 0 atom stereocenters. The molecule has 3 rings (SSSR count). The van der Waals surface area contributed by atoms with E-state index in [0.29, 0.717) is 10.5 Å². The molecular formula is C15H13ClN4O3S. The summed E-state index contributed by atoms with van der Waals surface area (Å²) in [5, 5.41) is 4.56. The molecule has 3 aromatic rings. The Morgan fingerprint density at radius 3 is 2.67 bits per heavy atom. The first kappa shape index (κ1) is 16.4. The van der Waals surface area contributed by atoms with E-state index >= 15 is 0 Å². The Labute approximate surface area is 143 Å². The number of aromatic nitrogens is 3. The van der Waals surface area contributed by atoms with Crippen LogP contribution in [0, 0.1) is 0 Å². The molecule has 0 spiro atoms. The van der Waals surface area contributed by atoms with E-state index in [9.17, 15) is 13.2 Å². The average molecular weight is 365 g/mol. The van der Waals surface area contributed by atoms with E-state index in [2.05, 4.69) is 10.1 Å². The number of carbonyl (C=O) groups excluding carboxylic acids is 1. The molecule has 0 fully saturated rings. The molecule has 1 aromatic carbocycles. The highest BCUT2D eigenvalue weighted by atomic mass is 35.5. The summed E-state index contributed by atoms with van der Waals surface area (Å²) in [6.45, 7) is 0. The minimum atomic E-state index is -3.79. The topological polar surface area (TPSA) is 93.4 Å². The number of nitrogens with zero attached hydrogens (tertiary/aromatic N) is 3. The first-order valence-electron chi connectivity index (χ1n) is 7.02. The maximum Gasteiger partial charge on any atom is 0.285 e. The summed E-state index contributed by atoms with van der Waals surface area (Å²) in [6.07, 6.45) is 4.73. The maximum absolute atomic E-state index is 12.2. The number of halogens is 1. The van der Waals surface area contributed by atoms with Crippen LogP contribution >= 0.6 is 11.6 Å². The second-order valence-corrected chi connectivity index (χ2v) is 7.34. The van der Waals surface area contributed by atoms with Crippen LogP contribution < -0.4 is 4.72 Å². The predicted molar refractivity (Wildman–Crippen MR) is 89.4 cm³/mol. The van der Waals surface area contributed by atoms with Gasteiger partial charge in [0.2, 0.25) is 10.0 Å². The summed E-state index contributed by atoms with van der Waals surface area (Å²) in [4.78, 5) is 16.2. The lowest BCUT2D eigenvalue weighted by Crippen LogP contribution is -2.34. The summed E-state index contributed by atoms with van der Waals surface area (Å²) < 4.78 is 27.7. The molecule has 1 amide bonds. The molecule has 0 aliphatic carbocycles. The molecule has 2 aromatic heterocycles. The zero-order valence-corrected chi connectivity index (χ0v) is 14.0. The van der Waals surface area contributed by atoms with Gasteiger partial charge in [0.15, 0.2) is 5.69 Å². The number of benzene rings is 1. The van der Waals surface area contributed by atoms with Crippen molar-refractivity contribution in [3.8, 4) is 0 Å². The van der Waals surface area contributed by atoms with Gasteiger partial charge >= 0.3 is 0 Å². The minimum absolute atomic E-state index is 0.00469. The highest BCUT2D eigenvalue weighted by molar-refractivity contribution is 7.90. The molecule has 0 aliphatic rings. The molecule has 0 aliphatic heterocycles. The van der Waals surface area contributed by atoms with E-state index in [4.69, 9.17) is 11.6 Å². The Kier molecular flexibility index (Phi) is 4.50. The van der Waals surface area contributed by atoms with Crippen molar-refractivity contribution in [2.45, 2.75) is 6.42 Å². The Morgan fingerprint density at radius 1 is 1.17 bits per heavy atom. The number of fused-ring (bicyclic) bond motifs is 1. The fraction of sp³-hybridized carbons (Fsp3) is 0.133. The number of amides is 1. The Hall–Kier alpha value is -2.45. The lowest BCUT2D eigenvalue weighted by molar-refractivity contribution is 0.0978. The predicted octanol–water partition coefficient (Wildman–Crippen LogP) is 1.69. The second-order valence-electron chi connectivity index (χ2n) is 5.06. The molecule has 124 valence electrons. The number of carbonyl (C=O) groups is 1. The van der Waals surface area contributed by atoms with E-state index < -0.39 is 15.9 Å². The first-order valence-corrected chi connectivity index (χ1v) is 9.05. The van der Waals surface area contributed by atoms with Crippen molar-refractivity contribution in [1.29, 1.82) is 0 Å². The van der Waals surface area contributed by atoms with Gasteiger partial charge in [-0.1, -0.05) is 23.7 Å². The summed E-state index contributed by atoms with van der Waals surface area (Å²) in [6, 6.07) is 8.45. The van der Waals surface area contributed by atoms with Crippen molar-refractivity contribution in [3.63, 3.8) is 0 Å². The molecule has 24 heavy (non-hydrogen) atoms. The minimum Gasteiger partial charge on any atom is -0.266 e. The fourth-order valence-corrected chi connectivity index (χ4v) is 3.29. The van der Waals surface area contributed by atoms with Gasteiger partial charge in [0.1, 0.15) is 0 Å². The van der Waals surface area contributed by atoms with Crippen LogP contribution in [-0.4, -0.2) is 34.7 Å². The standard InChI is InChI=1S/C15H13ClN4O3S/c16-12-3-1-11(2-4-12)6-10-24(22,23)19-15(21)14-13-5-7-18-20(13)9-8-17-14/h1-5,7-9H,6,10H2,(H,19,21). The third-order valence-electron chi connectivity index (χ3n) is 3.36. The monoisotopic (exact) mass is 364 g/mol. The zero-order valence-electron chi connectivity index (χ0n) is 12.4. The van der Waals surface area contributed by atoms with Crippen LogP contribution in [-0.2, 0) is 16.4 Å². The quantitative estimate of drug-likeness (QED) is 0.743. The van der Waals surface area contributed by atoms with Crippen LogP contribution in [0.2, 0.25) is 5.02 Å². The van der Waals surface area contributed by atoms with E-state index in [1.807, 2.05) is 4.72 Å². The Morgan fingerprint density at radius 2 is 1.92 bits per heavy atom. The number of rotatable bonds is 5. The molecule has 0 radical (unpaired) electrons. The van der Waals surface area contributed by atoms with E-state index in [-0.39, 0.29) is 17.9 Å². The summed E-state index contributed by atoms with van der Waals surface area (Å²) in [7, 11) is -3.79.